The van der Waals surface area contributed by atoms with Crippen LogP contribution in [0.2, 0.25) is 0 Å². The standard InChI is InChI=1S/C16H17N5O/c1-12-4-2-5-19-10-14(18-15(12)19)16(22)20-6-3-7-21-11-17-8-13(21)9-20/h2,4-5,8,10-11H,3,6-7,9H2,1H3. The molecule has 0 saturated heterocycles. The third kappa shape index (κ3) is 2.07. The number of aromatic nitrogens is 4. The third-order valence-corrected chi connectivity index (χ3v) is 4.16. The molecule has 1 aliphatic rings. The first kappa shape index (κ1) is 13.1. The largest absolute Gasteiger partial charge is 0.333 e. The zero-order chi connectivity index (χ0) is 15.1. The number of carbonyl (C=O) groups is 1. The second kappa shape index (κ2) is 4.98. The zero-order valence-corrected chi connectivity index (χ0v) is 12.4. The number of fused-ring (bicyclic) bond motifs is 2. The van der Waals surface area contributed by atoms with E-state index in [-0.39, 0.29) is 5.91 Å². The van der Waals surface area contributed by atoms with E-state index in [9.17, 15) is 4.79 Å². The number of nitrogens with zero attached hydrogens (tertiary/aromatic N) is 5. The van der Waals surface area contributed by atoms with E-state index in [1.165, 1.54) is 0 Å². The molecule has 0 bridgehead atoms. The van der Waals surface area contributed by atoms with E-state index in [1.54, 1.807) is 0 Å². The van der Waals surface area contributed by atoms with E-state index in [4.69, 9.17) is 0 Å². The summed E-state index contributed by atoms with van der Waals surface area (Å²) >= 11 is 0. The molecule has 0 aromatic carbocycles. The van der Waals surface area contributed by atoms with Crippen LogP contribution in [0.3, 0.4) is 0 Å². The van der Waals surface area contributed by atoms with E-state index < -0.39 is 0 Å². The molecule has 0 spiro atoms. The maximum absolute atomic E-state index is 12.8. The SMILES string of the molecule is Cc1cccn2cc(C(=O)N3CCCn4cncc4C3)nc12. The molecule has 3 aromatic rings. The number of pyridine rings is 1. The highest BCUT2D eigenvalue weighted by atomic mass is 16.2. The molecule has 3 aromatic heterocycles. The summed E-state index contributed by atoms with van der Waals surface area (Å²) in [5, 5.41) is 0. The molecule has 0 aliphatic carbocycles. The van der Waals surface area contributed by atoms with Crippen molar-refractivity contribution in [3.05, 3.63) is 54.0 Å². The Morgan fingerprint density at radius 3 is 3.09 bits per heavy atom. The molecule has 4 rings (SSSR count). The second-order valence-corrected chi connectivity index (χ2v) is 5.71. The summed E-state index contributed by atoms with van der Waals surface area (Å²) < 4.78 is 4.02. The minimum atomic E-state index is -0.0160. The van der Waals surface area contributed by atoms with Gasteiger partial charge >= 0.3 is 0 Å². The summed E-state index contributed by atoms with van der Waals surface area (Å²) in [5.41, 5.74) is 3.48. The lowest BCUT2D eigenvalue weighted by Crippen LogP contribution is -2.31. The normalized spacial score (nSPS) is 14.9. The molecule has 22 heavy (non-hydrogen) atoms. The van der Waals surface area contributed by atoms with Crippen LogP contribution in [-0.4, -0.2) is 36.3 Å². The fourth-order valence-electron chi connectivity index (χ4n) is 2.98. The van der Waals surface area contributed by atoms with E-state index >= 15 is 0 Å². The Labute approximate surface area is 128 Å². The van der Waals surface area contributed by atoms with Crippen LogP contribution in [0.5, 0.6) is 0 Å². The lowest BCUT2D eigenvalue weighted by molar-refractivity contribution is 0.0740. The molecule has 0 unspecified atom stereocenters. The molecule has 0 saturated carbocycles. The monoisotopic (exact) mass is 295 g/mol. The molecule has 4 heterocycles. The second-order valence-electron chi connectivity index (χ2n) is 5.71. The van der Waals surface area contributed by atoms with Gasteiger partial charge in [-0.1, -0.05) is 6.07 Å². The van der Waals surface area contributed by atoms with Gasteiger partial charge in [0.2, 0.25) is 0 Å². The summed E-state index contributed by atoms with van der Waals surface area (Å²) in [5.74, 6) is -0.0160. The number of aryl methyl sites for hydroxylation is 2. The summed E-state index contributed by atoms with van der Waals surface area (Å²) in [4.78, 5) is 23.3. The number of imidazole rings is 2. The van der Waals surface area contributed by atoms with Crippen molar-refractivity contribution in [3.8, 4) is 0 Å². The topological polar surface area (TPSA) is 55.4 Å². The molecule has 1 aliphatic heterocycles. The molecule has 6 nitrogen and oxygen atoms in total. The summed E-state index contributed by atoms with van der Waals surface area (Å²) in [6, 6.07) is 3.96. The van der Waals surface area contributed by atoms with Gasteiger partial charge < -0.3 is 13.9 Å². The van der Waals surface area contributed by atoms with Crippen molar-refractivity contribution in [1.29, 1.82) is 0 Å². The Bertz CT molecular complexity index is 847. The number of carbonyl (C=O) groups excluding carboxylic acids is 1. The Morgan fingerprint density at radius 1 is 1.32 bits per heavy atom. The van der Waals surface area contributed by atoms with Gasteiger partial charge in [-0.15, -0.1) is 0 Å². The van der Waals surface area contributed by atoms with Crippen molar-refractivity contribution in [2.75, 3.05) is 6.54 Å². The van der Waals surface area contributed by atoms with Crippen LogP contribution >= 0.6 is 0 Å². The summed E-state index contributed by atoms with van der Waals surface area (Å²) in [6.45, 7) is 4.24. The van der Waals surface area contributed by atoms with Gasteiger partial charge in [-0.2, -0.15) is 0 Å². The van der Waals surface area contributed by atoms with Crippen LogP contribution in [0.15, 0.2) is 37.1 Å². The minimum absolute atomic E-state index is 0.0160. The van der Waals surface area contributed by atoms with E-state index in [0.29, 0.717) is 12.2 Å². The van der Waals surface area contributed by atoms with Gasteiger partial charge in [0.15, 0.2) is 0 Å². The molecular formula is C16H17N5O. The van der Waals surface area contributed by atoms with Crippen LogP contribution < -0.4 is 0 Å². The van der Waals surface area contributed by atoms with Gasteiger partial charge in [0.1, 0.15) is 11.3 Å². The van der Waals surface area contributed by atoms with Crippen molar-refractivity contribution in [2.45, 2.75) is 26.4 Å². The van der Waals surface area contributed by atoms with Crippen LogP contribution in [0.25, 0.3) is 5.65 Å². The average molecular weight is 295 g/mol. The zero-order valence-electron chi connectivity index (χ0n) is 12.4. The summed E-state index contributed by atoms with van der Waals surface area (Å²) in [7, 11) is 0. The quantitative estimate of drug-likeness (QED) is 0.689. The first-order valence-electron chi connectivity index (χ1n) is 7.45. The Kier molecular flexibility index (Phi) is 2.96. The van der Waals surface area contributed by atoms with Crippen molar-refractivity contribution >= 4 is 11.6 Å². The first-order chi connectivity index (χ1) is 10.7. The van der Waals surface area contributed by atoms with Crippen molar-refractivity contribution in [2.24, 2.45) is 0 Å². The smallest absolute Gasteiger partial charge is 0.274 e. The van der Waals surface area contributed by atoms with Crippen LogP contribution in [-0.2, 0) is 13.1 Å². The molecule has 6 heteroatoms. The molecule has 0 radical (unpaired) electrons. The van der Waals surface area contributed by atoms with Gasteiger partial charge in [0, 0.05) is 31.7 Å². The molecule has 0 atom stereocenters. The van der Waals surface area contributed by atoms with Crippen LogP contribution in [0, 0.1) is 6.92 Å². The Hall–Kier alpha value is -2.63. The molecular weight excluding hydrogens is 278 g/mol. The van der Waals surface area contributed by atoms with E-state index in [2.05, 4.69) is 14.5 Å². The lowest BCUT2D eigenvalue weighted by atomic mass is 10.3. The van der Waals surface area contributed by atoms with Gasteiger partial charge in [-0.25, -0.2) is 9.97 Å². The first-order valence-corrected chi connectivity index (χ1v) is 7.45. The minimum Gasteiger partial charge on any atom is -0.333 e. The van der Waals surface area contributed by atoms with Crippen molar-refractivity contribution in [3.63, 3.8) is 0 Å². The van der Waals surface area contributed by atoms with E-state index in [0.717, 1.165) is 36.4 Å². The van der Waals surface area contributed by atoms with Crippen molar-refractivity contribution < 1.29 is 4.79 Å². The number of hydrogen-bond donors (Lipinski definition) is 0. The highest BCUT2D eigenvalue weighted by molar-refractivity contribution is 5.93. The Morgan fingerprint density at radius 2 is 2.23 bits per heavy atom. The fraction of sp³-hybridized carbons (Fsp3) is 0.312. The number of amides is 1. The van der Waals surface area contributed by atoms with Gasteiger partial charge in [0.25, 0.3) is 5.91 Å². The number of hydrogen-bond acceptors (Lipinski definition) is 3. The molecule has 0 fully saturated rings. The summed E-state index contributed by atoms with van der Waals surface area (Å²) in [6.07, 6.45) is 8.33. The van der Waals surface area contributed by atoms with Crippen molar-refractivity contribution in [1.82, 2.24) is 23.8 Å². The highest BCUT2D eigenvalue weighted by Gasteiger charge is 2.22. The lowest BCUT2D eigenvalue weighted by Gasteiger charge is -2.18. The predicted octanol–water partition coefficient (Wildman–Crippen LogP) is 1.89. The van der Waals surface area contributed by atoms with Gasteiger partial charge in [-0.3, -0.25) is 4.79 Å². The van der Waals surface area contributed by atoms with Gasteiger partial charge in [0.05, 0.1) is 18.6 Å². The van der Waals surface area contributed by atoms with Crippen LogP contribution in [0.1, 0.15) is 28.2 Å². The number of rotatable bonds is 1. The average Bonchev–Trinajstić information content (AvgIpc) is 3.09. The Balaban J connectivity index is 1.67. The predicted molar refractivity (Wildman–Crippen MR) is 81.5 cm³/mol. The van der Waals surface area contributed by atoms with E-state index in [1.807, 2.05) is 53.3 Å². The molecule has 112 valence electrons. The molecule has 0 N–H and O–H groups in total. The maximum atomic E-state index is 12.8. The fourth-order valence-corrected chi connectivity index (χ4v) is 2.98. The third-order valence-electron chi connectivity index (χ3n) is 4.16. The van der Waals surface area contributed by atoms with Gasteiger partial charge in [-0.05, 0) is 25.0 Å². The molecule has 1 amide bonds. The highest BCUT2D eigenvalue weighted by Crippen LogP contribution is 2.16. The van der Waals surface area contributed by atoms with Crippen LogP contribution in [0.4, 0.5) is 0 Å². The maximum Gasteiger partial charge on any atom is 0.274 e.